The molecule has 1 amide bonds. The Balaban J connectivity index is 1.50. The lowest BCUT2D eigenvalue weighted by molar-refractivity contribution is -0.139. The van der Waals surface area contributed by atoms with Gasteiger partial charge in [0.05, 0.1) is 0 Å². The molecule has 2 heterocycles. The molecule has 1 saturated carbocycles. The molecule has 3 aliphatic rings. The molecule has 0 radical (unpaired) electrons. The largest absolute Gasteiger partial charge is 0.340 e. The van der Waals surface area contributed by atoms with Gasteiger partial charge in [-0.3, -0.25) is 4.79 Å². The monoisotopic (exact) mass is 293 g/mol. The molecule has 2 aliphatic heterocycles. The first-order valence-corrected chi connectivity index (χ1v) is 8.74. The van der Waals surface area contributed by atoms with Gasteiger partial charge in [0.1, 0.15) is 0 Å². The maximum absolute atomic E-state index is 12.7. The van der Waals surface area contributed by atoms with E-state index in [-0.39, 0.29) is 0 Å². The Labute approximate surface area is 129 Å². The molecule has 0 aromatic rings. The van der Waals surface area contributed by atoms with Crippen LogP contribution in [0.2, 0.25) is 0 Å². The van der Waals surface area contributed by atoms with Crippen LogP contribution in [0.25, 0.3) is 0 Å². The van der Waals surface area contributed by atoms with Crippen molar-refractivity contribution in [1.82, 2.24) is 14.7 Å². The Kier molecular flexibility index (Phi) is 4.55. The van der Waals surface area contributed by atoms with Crippen molar-refractivity contribution in [3.8, 4) is 0 Å². The van der Waals surface area contributed by atoms with Crippen LogP contribution in [-0.2, 0) is 4.79 Å². The SMILES string of the molecule is CN1CCN(C(=O)C2CCC3(CC2)CCN(C)CC3)CC1. The minimum Gasteiger partial charge on any atom is -0.340 e. The predicted octanol–water partition coefficient (Wildman–Crippen LogP) is 1.66. The molecule has 3 rings (SSSR count). The number of amides is 1. The van der Waals surface area contributed by atoms with Crippen molar-refractivity contribution >= 4 is 5.91 Å². The third-order valence-electron chi connectivity index (χ3n) is 6.26. The number of piperazine rings is 1. The first-order valence-electron chi connectivity index (χ1n) is 8.74. The summed E-state index contributed by atoms with van der Waals surface area (Å²) in [7, 11) is 4.38. The van der Waals surface area contributed by atoms with E-state index in [4.69, 9.17) is 0 Å². The molecule has 1 aliphatic carbocycles. The van der Waals surface area contributed by atoms with E-state index in [1.54, 1.807) is 0 Å². The number of likely N-dealkylation sites (N-methyl/N-ethyl adjacent to an activating group) is 1. The molecule has 0 bridgehead atoms. The highest BCUT2D eigenvalue weighted by Crippen LogP contribution is 2.46. The Morgan fingerprint density at radius 1 is 0.810 bits per heavy atom. The second-order valence-corrected chi connectivity index (χ2v) is 7.71. The smallest absolute Gasteiger partial charge is 0.225 e. The first kappa shape index (κ1) is 15.3. The third-order valence-corrected chi connectivity index (χ3v) is 6.26. The van der Waals surface area contributed by atoms with Crippen molar-refractivity contribution in [2.45, 2.75) is 38.5 Å². The van der Waals surface area contributed by atoms with Crippen LogP contribution in [-0.4, -0.2) is 74.0 Å². The number of piperidine rings is 1. The molecule has 0 unspecified atom stereocenters. The van der Waals surface area contributed by atoms with Crippen LogP contribution in [0.5, 0.6) is 0 Å². The topological polar surface area (TPSA) is 26.8 Å². The fourth-order valence-corrected chi connectivity index (χ4v) is 4.36. The van der Waals surface area contributed by atoms with Crippen LogP contribution in [0.4, 0.5) is 0 Å². The second kappa shape index (κ2) is 6.25. The summed E-state index contributed by atoms with van der Waals surface area (Å²) >= 11 is 0. The molecule has 4 nitrogen and oxygen atoms in total. The van der Waals surface area contributed by atoms with Gasteiger partial charge in [0.15, 0.2) is 0 Å². The summed E-state index contributed by atoms with van der Waals surface area (Å²) < 4.78 is 0. The van der Waals surface area contributed by atoms with Crippen molar-refractivity contribution in [2.75, 3.05) is 53.4 Å². The summed E-state index contributed by atoms with van der Waals surface area (Å²) in [5.41, 5.74) is 0.575. The van der Waals surface area contributed by atoms with Gasteiger partial charge in [-0.2, -0.15) is 0 Å². The standard InChI is InChI=1S/C17H31N3O/c1-18-9-7-17(8-10-18)5-3-15(4-6-17)16(21)20-13-11-19(2)12-14-20/h15H,3-14H2,1-2H3. The van der Waals surface area contributed by atoms with E-state index in [1.165, 1.54) is 38.8 Å². The third kappa shape index (κ3) is 3.42. The van der Waals surface area contributed by atoms with Gasteiger partial charge in [-0.15, -0.1) is 0 Å². The normalized spacial score (nSPS) is 29.0. The number of hydrogen-bond donors (Lipinski definition) is 0. The first-order chi connectivity index (χ1) is 10.1. The molecule has 120 valence electrons. The van der Waals surface area contributed by atoms with Gasteiger partial charge in [-0.1, -0.05) is 0 Å². The highest BCUT2D eigenvalue weighted by molar-refractivity contribution is 5.79. The van der Waals surface area contributed by atoms with Crippen LogP contribution in [0, 0.1) is 11.3 Å². The van der Waals surface area contributed by atoms with E-state index in [0.717, 1.165) is 39.0 Å². The van der Waals surface area contributed by atoms with E-state index in [2.05, 4.69) is 28.8 Å². The lowest BCUT2D eigenvalue weighted by atomic mass is 9.65. The summed E-state index contributed by atoms with van der Waals surface area (Å²) in [5, 5.41) is 0. The molecule has 21 heavy (non-hydrogen) atoms. The van der Waals surface area contributed by atoms with Crippen LogP contribution >= 0.6 is 0 Å². The zero-order valence-electron chi connectivity index (χ0n) is 13.8. The maximum atomic E-state index is 12.7. The van der Waals surface area contributed by atoms with Gasteiger partial charge < -0.3 is 14.7 Å². The summed E-state index contributed by atoms with van der Waals surface area (Å²) in [4.78, 5) is 19.6. The van der Waals surface area contributed by atoms with E-state index in [9.17, 15) is 4.79 Å². The van der Waals surface area contributed by atoms with Crippen LogP contribution in [0.3, 0.4) is 0 Å². The van der Waals surface area contributed by atoms with Crippen molar-refractivity contribution in [3.05, 3.63) is 0 Å². The van der Waals surface area contributed by atoms with Gasteiger partial charge in [0.2, 0.25) is 5.91 Å². The molecule has 0 N–H and O–H groups in total. The number of hydrogen-bond acceptors (Lipinski definition) is 3. The second-order valence-electron chi connectivity index (χ2n) is 7.71. The summed E-state index contributed by atoms with van der Waals surface area (Å²) in [6, 6.07) is 0. The minimum atomic E-state index is 0.318. The van der Waals surface area contributed by atoms with Crippen LogP contribution < -0.4 is 0 Å². The van der Waals surface area contributed by atoms with E-state index >= 15 is 0 Å². The molecule has 4 heteroatoms. The van der Waals surface area contributed by atoms with Crippen molar-refractivity contribution < 1.29 is 4.79 Å². The fraction of sp³-hybridized carbons (Fsp3) is 0.941. The number of carbonyl (C=O) groups is 1. The van der Waals surface area contributed by atoms with Crippen molar-refractivity contribution in [2.24, 2.45) is 11.3 Å². The van der Waals surface area contributed by atoms with Gasteiger partial charge in [-0.25, -0.2) is 0 Å². The molecule has 2 saturated heterocycles. The number of rotatable bonds is 1. The molecular formula is C17H31N3O. The molecular weight excluding hydrogens is 262 g/mol. The average Bonchev–Trinajstić information content (AvgIpc) is 2.51. The molecule has 0 aromatic carbocycles. The summed E-state index contributed by atoms with van der Waals surface area (Å²) in [6.45, 7) is 6.43. The predicted molar refractivity (Wildman–Crippen MR) is 85.2 cm³/mol. The summed E-state index contributed by atoms with van der Waals surface area (Å²) in [6.07, 6.45) is 7.53. The van der Waals surface area contributed by atoms with Crippen molar-refractivity contribution in [3.63, 3.8) is 0 Å². The lowest BCUT2D eigenvalue weighted by Gasteiger charge is -2.45. The molecule has 0 atom stereocenters. The van der Waals surface area contributed by atoms with Gasteiger partial charge in [0.25, 0.3) is 0 Å². The molecule has 1 spiro atoms. The Morgan fingerprint density at radius 3 is 1.90 bits per heavy atom. The van der Waals surface area contributed by atoms with Gasteiger partial charge >= 0.3 is 0 Å². The quantitative estimate of drug-likeness (QED) is 0.736. The molecule has 3 fully saturated rings. The van der Waals surface area contributed by atoms with Crippen LogP contribution in [0.15, 0.2) is 0 Å². The van der Waals surface area contributed by atoms with Gasteiger partial charge in [0, 0.05) is 32.1 Å². The highest BCUT2D eigenvalue weighted by atomic mass is 16.2. The zero-order chi connectivity index (χ0) is 14.9. The van der Waals surface area contributed by atoms with Gasteiger partial charge in [-0.05, 0) is 71.1 Å². The van der Waals surface area contributed by atoms with Crippen LogP contribution in [0.1, 0.15) is 38.5 Å². The molecule has 0 aromatic heterocycles. The Hall–Kier alpha value is -0.610. The lowest BCUT2D eigenvalue weighted by Crippen LogP contribution is -2.50. The fourth-order valence-electron chi connectivity index (χ4n) is 4.36. The zero-order valence-corrected chi connectivity index (χ0v) is 13.8. The Morgan fingerprint density at radius 2 is 1.33 bits per heavy atom. The number of likely N-dealkylation sites (tertiary alicyclic amines) is 1. The number of carbonyl (C=O) groups excluding carboxylic acids is 1. The minimum absolute atomic E-state index is 0.318. The van der Waals surface area contributed by atoms with Crippen molar-refractivity contribution in [1.29, 1.82) is 0 Å². The summed E-state index contributed by atoms with van der Waals surface area (Å²) in [5.74, 6) is 0.768. The average molecular weight is 293 g/mol. The maximum Gasteiger partial charge on any atom is 0.225 e. The van der Waals surface area contributed by atoms with E-state index in [1.807, 2.05) is 0 Å². The van der Waals surface area contributed by atoms with E-state index < -0.39 is 0 Å². The Bertz CT molecular complexity index is 358. The number of nitrogens with zero attached hydrogens (tertiary/aromatic N) is 3. The highest BCUT2D eigenvalue weighted by Gasteiger charge is 2.40. The van der Waals surface area contributed by atoms with E-state index in [0.29, 0.717) is 17.2 Å².